The summed E-state index contributed by atoms with van der Waals surface area (Å²) in [5.74, 6) is 0.846. The summed E-state index contributed by atoms with van der Waals surface area (Å²) in [6.45, 7) is 7.16. The number of anilines is 1. The molecule has 0 aliphatic carbocycles. The first-order valence-corrected chi connectivity index (χ1v) is 7.65. The van der Waals surface area contributed by atoms with Crippen LogP contribution in [0.4, 0.5) is 10.6 Å². The third-order valence-corrected chi connectivity index (χ3v) is 3.43. The molecule has 20 heavy (non-hydrogen) atoms. The van der Waals surface area contributed by atoms with Gasteiger partial charge in [0.25, 0.3) is 0 Å². The highest BCUT2D eigenvalue weighted by molar-refractivity contribution is 14.1. The van der Waals surface area contributed by atoms with Crippen LogP contribution in [-0.2, 0) is 4.74 Å². The highest BCUT2D eigenvalue weighted by atomic mass is 127. The second-order valence-electron chi connectivity index (χ2n) is 5.79. The Hall–Kier alpha value is -1.12. The number of alkyl carbamates (subject to hydrolysis) is 1. The van der Waals surface area contributed by atoms with Crippen molar-refractivity contribution in [3.05, 3.63) is 15.8 Å². The van der Waals surface area contributed by atoms with Gasteiger partial charge >= 0.3 is 6.09 Å². The third-order valence-electron chi connectivity index (χ3n) is 2.85. The zero-order valence-corrected chi connectivity index (χ0v) is 14.0. The van der Waals surface area contributed by atoms with Crippen LogP contribution in [0.5, 0.6) is 0 Å². The van der Waals surface area contributed by atoms with Gasteiger partial charge in [0.1, 0.15) is 9.30 Å². The minimum Gasteiger partial charge on any atom is -0.444 e. The van der Waals surface area contributed by atoms with E-state index < -0.39 is 5.60 Å². The van der Waals surface area contributed by atoms with Crippen molar-refractivity contribution in [2.45, 2.75) is 38.8 Å². The Bertz CT molecular complexity index is 472. The summed E-state index contributed by atoms with van der Waals surface area (Å²) in [6.07, 6.45) is 0.519. The number of nitrogens with zero attached hydrogens (tertiary/aromatic N) is 3. The molecule has 1 atom stereocenters. The fourth-order valence-electron chi connectivity index (χ4n) is 2.04. The SMILES string of the molecule is CC(C)(C)OC(=O)N[C@@H]1CCN(c2ccc(I)nn2)C1. The summed E-state index contributed by atoms with van der Waals surface area (Å²) in [5, 5.41) is 11.1. The lowest BCUT2D eigenvalue weighted by Crippen LogP contribution is -2.40. The summed E-state index contributed by atoms with van der Waals surface area (Å²) in [7, 11) is 0. The van der Waals surface area contributed by atoms with Crippen LogP contribution in [0.2, 0.25) is 0 Å². The van der Waals surface area contributed by atoms with Gasteiger partial charge in [-0.2, -0.15) is 0 Å². The van der Waals surface area contributed by atoms with Gasteiger partial charge in [-0.1, -0.05) is 0 Å². The first-order chi connectivity index (χ1) is 9.33. The van der Waals surface area contributed by atoms with E-state index in [1.165, 1.54) is 0 Å². The molecule has 1 aliphatic heterocycles. The summed E-state index contributed by atoms with van der Waals surface area (Å²) < 4.78 is 6.13. The summed E-state index contributed by atoms with van der Waals surface area (Å²) in [5.41, 5.74) is -0.468. The van der Waals surface area contributed by atoms with Gasteiger partial charge in [0, 0.05) is 13.1 Å². The van der Waals surface area contributed by atoms with Crippen LogP contribution in [0.25, 0.3) is 0 Å². The first kappa shape index (κ1) is 15.3. The van der Waals surface area contributed by atoms with Gasteiger partial charge in [0.05, 0.1) is 6.04 Å². The number of halogens is 1. The Morgan fingerprint density at radius 2 is 2.20 bits per heavy atom. The molecule has 1 aliphatic rings. The van der Waals surface area contributed by atoms with Crippen molar-refractivity contribution < 1.29 is 9.53 Å². The van der Waals surface area contributed by atoms with E-state index in [0.717, 1.165) is 29.0 Å². The van der Waals surface area contributed by atoms with E-state index in [9.17, 15) is 4.79 Å². The smallest absolute Gasteiger partial charge is 0.407 e. The molecule has 110 valence electrons. The number of ether oxygens (including phenoxy) is 1. The van der Waals surface area contributed by atoms with E-state index >= 15 is 0 Å². The van der Waals surface area contributed by atoms with Gasteiger partial charge < -0.3 is 15.0 Å². The van der Waals surface area contributed by atoms with Gasteiger partial charge in [0.2, 0.25) is 0 Å². The average Bonchev–Trinajstić information content (AvgIpc) is 2.75. The normalized spacial score (nSPS) is 19.0. The molecule has 2 heterocycles. The monoisotopic (exact) mass is 390 g/mol. The summed E-state index contributed by atoms with van der Waals surface area (Å²) >= 11 is 2.13. The minimum atomic E-state index is -0.468. The van der Waals surface area contributed by atoms with Crippen molar-refractivity contribution in [2.75, 3.05) is 18.0 Å². The highest BCUT2D eigenvalue weighted by Gasteiger charge is 2.26. The molecule has 1 saturated heterocycles. The van der Waals surface area contributed by atoms with E-state index in [1.54, 1.807) is 0 Å². The second kappa shape index (κ2) is 6.11. The number of carbonyl (C=O) groups excluding carboxylic acids is 1. The van der Waals surface area contributed by atoms with Crippen LogP contribution >= 0.6 is 22.6 Å². The number of amides is 1. The maximum absolute atomic E-state index is 11.7. The molecule has 0 bridgehead atoms. The summed E-state index contributed by atoms with van der Waals surface area (Å²) in [6, 6.07) is 3.97. The molecule has 0 radical (unpaired) electrons. The van der Waals surface area contributed by atoms with E-state index in [-0.39, 0.29) is 12.1 Å². The molecule has 0 aromatic carbocycles. The van der Waals surface area contributed by atoms with Crippen LogP contribution in [0.3, 0.4) is 0 Å². The lowest BCUT2D eigenvalue weighted by Gasteiger charge is -2.22. The van der Waals surface area contributed by atoms with Gasteiger partial charge in [-0.15, -0.1) is 10.2 Å². The topological polar surface area (TPSA) is 67.3 Å². The number of hydrogen-bond donors (Lipinski definition) is 1. The molecule has 2 rings (SSSR count). The van der Waals surface area contributed by atoms with Crippen LogP contribution in [0.15, 0.2) is 12.1 Å². The highest BCUT2D eigenvalue weighted by Crippen LogP contribution is 2.18. The average molecular weight is 390 g/mol. The summed E-state index contributed by atoms with van der Waals surface area (Å²) in [4.78, 5) is 13.8. The fraction of sp³-hybridized carbons (Fsp3) is 0.615. The Kier molecular flexibility index (Phi) is 4.66. The van der Waals surface area contributed by atoms with E-state index in [4.69, 9.17) is 4.74 Å². The predicted octanol–water partition coefficient (Wildman–Crippen LogP) is 2.18. The molecule has 0 spiro atoms. The van der Waals surface area contributed by atoms with Crippen LogP contribution in [0.1, 0.15) is 27.2 Å². The Balaban J connectivity index is 1.86. The third kappa shape index (κ3) is 4.46. The molecule has 1 aromatic heterocycles. The molecular formula is C13H19IN4O2. The lowest BCUT2D eigenvalue weighted by atomic mass is 10.2. The van der Waals surface area contributed by atoms with Crippen molar-refractivity contribution in [3.63, 3.8) is 0 Å². The largest absolute Gasteiger partial charge is 0.444 e. The number of nitrogens with one attached hydrogen (secondary N) is 1. The van der Waals surface area contributed by atoms with E-state index in [2.05, 4.69) is 43.0 Å². The Morgan fingerprint density at radius 3 is 2.80 bits per heavy atom. The maximum Gasteiger partial charge on any atom is 0.407 e. The van der Waals surface area contributed by atoms with Gasteiger partial charge in [0.15, 0.2) is 5.82 Å². The molecule has 6 nitrogen and oxygen atoms in total. The van der Waals surface area contributed by atoms with Crippen LogP contribution in [-0.4, -0.2) is 41.0 Å². The molecule has 7 heteroatoms. The molecule has 0 unspecified atom stereocenters. The van der Waals surface area contributed by atoms with Crippen molar-refractivity contribution >= 4 is 34.5 Å². The van der Waals surface area contributed by atoms with E-state index in [0.29, 0.717) is 0 Å². The second-order valence-corrected chi connectivity index (χ2v) is 6.90. The van der Waals surface area contributed by atoms with Crippen molar-refractivity contribution in [1.82, 2.24) is 15.5 Å². The Morgan fingerprint density at radius 1 is 1.45 bits per heavy atom. The van der Waals surface area contributed by atoms with Crippen molar-refractivity contribution in [2.24, 2.45) is 0 Å². The van der Waals surface area contributed by atoms with Gasteiger partial charge in [-0.25, -0.2) is 4.79 Å². The Labute approximate surface area is 132 Å². The fourth-order valence-corrected chi connectivity index (χ4v) is 2.33. The predicted molar refractivity (Wildman–Crippen MR) is 84.7 cm³/mol. The lowest BCUT2D eigenvalue weighted by molar-refractivity contribution is 0.0509. The van der Waals surface area contributed by atoms with E-state index in [1.807, 2.05) is 32.9 Å². The van der Waals surface area contributed by atoms with Gasteiger partial charge in [-0.3, -0.25) is 0 Å². The quantitative estimate of drug-likeness (QED) is 0.785. The number of carbonyl (C=O) groups is 1. The van der Waals surface area contributed by atoms with Crippen molar-refractivity contribution in [1.29, 1.82) is 0 Å². The molecule has 1 N–H and O–H groups in total. The zero-order valence-electron chi connectivity index (χ0n) is 11.9. The van der Waals surface area contributed by atoms with Crippen LogP contribution < -0.4 is 10.2 Å². The van der Waals surface area contributed by atoms with Crippen molar-refractivity contribution in [3.8, 4) is 0 Å². The number of aromatic nitrogens is 2. The zero-order chi connectivity index (χ0) is 14.8. The van der Waals surface area contributed by atoms with Crippen LogP contribution in [0, 0.1) is 3.70 Å². The first-order valence-electron chi connectivity index (χ1n) is 6.57. The number of hydrogen-bond acceptors (Lipinski definition) is 5. The molecule has 1 fully saturated rings. The standard InChI is InChI=1S/C13H19IN4O2/c1-13(2,3)20-12(19)15-9-6-7-18(8-9)11-5-4-10(14)16-17-11/h4-5,9H,6-8H2,1-3H3,(H,15,19)/t9-/m1/s1. The molecule has 1 amide bonds. The molecule has 0 saturated carbocycles. The molecular weight excluding hydrogens is 371 g/mol. The maximum atomic E-state index is 11.7. The molecule has 1 aromatic rings. The minimum absolute atomic E-state index is 0.0888. The van der Waals surface area contributed by atoms with Gasteiger partial charge in [-0.05, 0) is 61.9 Å². The number of rotatable bonds is 2.